The third-order valence-corrected chi connectivity index (χ3v) is 5.29. The Morgan fingerprint density at radius 3 is 2.24 bits per heavy atom. The van der Waals surface area contributed by atoms with E-state index in [1.54, 1.807) is 36.4 Å². The Kier molecular flexibility index (Phi) is 7.56. The summed E-state index contributed by atoms with van der Waals surface area (Å²) in [4.78, 5) is 16.9. The Bertz CT molecular complexity index is 1220. The van der Waals surface area contributed by atoms with Gasteiger partial charge in [-0.1, -0.05) is 53.5 Å². The molecule has 0 saturated carbocycles. The normalized spacial score (nSPS) is 11.9. The smallest absolute Gasteiger partial charge is 0.321 e. The number of nitrogens with zero attached hydrogens (tertiary/aromatic N) is 1. The summed E-state index contributed by atoms with van der Waals surface area (Å²) < 4.78 is 39.0. The zero-order valence-corrected chi connectivity index (χ0v) is 18.8. The standard InChI is InChI=1S/C24H18Cl2F3N3O/c1-14-6-11-18(26)21(12-14)32-23(33)16-9-7-15(8-10-16)20(13-22(30)24(27,28)29)31-19-5-3-2-4-17(19)25/h2-12,30H,13H2,1H3,(H,32,33). The topological polar surface area (TPSA) is 65.3 Å². The Balaban J connectivity index is 1.90. The van der Waals surface area contributed by atoms with E-state index in [2.05, 4.69) is 10.3 Å². The van der Waals surface area contributed by atoms with E-state index in [-0.39, 0.29) is 22.0 Å². The monoisotopic (exact) mass is 491 g/mol. The van der Waals surface area contributed by atoms with Crippen LogP contribution in [-0.4, -0.2) is 23.5 Å². The van der Waals surface area contributed by atoms with Crippen LogP contribution in [0.2, 0.25) is 10.0 Å². The van der Waals surface area contributed by atoms with Gasteiger partial charge in [-0.3, -0.25) is 9.79 Å². The number of alkyl halides is 3. The van der Waals surface area contributed by atoms with Gasteiger partial charge >= 0.3 is 6.18 Å². The van der Waals surface area contributed by atoms with Crippen LogP contribution in [0.15, 0.2) is 71.7 Å². The van der Waals surface area contributed by atoms with Crippen molar-refractivity contribution in [3.05, 3.63) is 93.5 Å². The van der Waals surface area contributed by atoms with Crippen LogP contribution in [0.4, 0.5) is 24.5 Å². The van der Waals surface area contributed by atoms with Crippen LogP contribution in [0, 0.1) is 12.3 Å². The van der Waals surface area contributed by atoms with E-state index < -0.39 is 24.2 Å². The van der Waals surface area contributed by atoms with Gasteiger partial charge < -0.3 is 10.7 Å². The van der Waals surface area contributed by atoms with Gasteiger partial charge in [-0.05, 0) is 54.4 Å². The lowest BCUT2D eigenvalue weighted by atomic mass is 10.0. The fourth-order valence-corrected chi connectivity index (χ4v) is 3.25. The summed E-state index contributed by atoms with van der Waals surface area (Å²) in [7, 11) is 0. The molecule has 0 atom stereocenters. The summed E-state index contributed by atoms with van der Waals surface area (Å²) in [6.45, 7) is 1.86. The number of carbonyl (C=O) groups excluding carboxylic acids is 1. The summed E-state index contributed by atoms with van der Waals surface area (Å²) in [6.07, 6.45) is -5.53. The minimum absolute atomic E-state index is 0.000822. The average molecular weight is 492 g/mol. The van der Waals surface area contributed by atoms with E-state index in [0.717, 1.165) is 5.56 Å². The highest BCUT2D eigenvalue weighted by Crippen LogP contribution is 2.27. The third-order valence-electron chi connectivity index (χ3n) is 4.64. The number of hydrogen-bond donors (Lipinski definition) is 2. The summed E-state index contributed by atoms with van der Waals surface area (Å²) in [5, 5.41) is 10.8. The van der Waals surface area contributed by atoms with E-state index in [0.29, 0.717) is 16.3 Å². The van der Waals surface area contributed by atoms with Gasteiger partial charge in [-0.15, -0.1) is 0 Å². The molecule has 0 bridgehead atoms. The van der Waals surface area contributed by atoms with Crippen LogP contribution in [0.5, 0.6) is 0 Å². The number of aryl methyl sites for hydroxylation is 1. The molecule has 0 heterocycles. The molecule has 1 amide bonds. The number of hydrogen-bond acceptors (Lipinski definition) is 3. The maximum Gasteiger partial charge on any atom is 0.429 e. The van der Waals surface area contributed by atoms with Crippen molar-refractivity contribution in [2.45, 2.75) is 19.5 Å². The fraction of sp³-hybridized carbons (Fsp3) is 0.125. The van der Waals surface area contributed by atoms with Gasteiger partial charge in [0.2, 0.25) is 0 Å². The molecule has 4 nitrogen and oxygen atoms in total. The van der Waals surface area contributed by atoms with Crippen molar-refractivity contribution in [3.8, 4) is 0 Å². The molecule has 0 aliphatic carbocycles. The van der Waals surface area contributed by atoms with E-state index in [1.807, 2.05) is 13.0 Å². The molecule has 0 unspecified atom stereocenters. The Labute approximate surface area is 198 Å². The molecule has 0 aromatic heterocycles. The predicted molar refractivity (Wildman–Crippen MR) is 127 cm³/mol. The molecule has 0 aliphatic rings. The Morgan fingerprint density at radius 1 is 0.970 bits per heavy atom. The molecule has 3 aromatic rings. The first kappa shape index (κ1) is 24.5. The zero-order valence-electron chi connectivity index (χ0n) is 17.3. The molecule has 2 N–H and O–H groups in total. The summed E-state index contributed by atoms with van der Waals surface area (Å²) in [6, 6.07) is 17.6. The third kappa shape index (κ3) is 6.43. The van der Waals surface area contributed by atoms with Gasteiger partial charge in [-0.25, -0.2) is 0 Å². The minimum atomic E-state index is -4.78. The maximum absolute atomic E-state index is 13.0. The predicted octanol–water partition coefficient (Wildman–Crippen LogP) is 7.65. The van der Waals surface area contributed by atoms with Crippen molar-refractivity contribution < 1.29 is 18.0 Å². The number of amides is 1. The van der Waals surface area contributed by atoms with Crippen molar-refractivity contribution >= 4 is 51.9 Å². The van der Waals surface area contributed by atoms with Gasteiger partial charge in [-0.2, -0.15) is 13.2 Å². The molecule has 3 aromatic carbocycles. The maximum atomic E-state index is 13.0. The lowest BCUT2D eigenvalue weighted by Gasteiger charge is -2.12. The number of nitrogens with one attached hydrogen (secondary N) is 2. The highest BCUT2D eigenvalue weighted by molar-refractivity contribution is 6.34. The number of para-hydroxylation sites is 1. The SMILES string of the molecule is Cc1ccc(Cl)c(NC(=O)c2ccc(C(CC(=N)C(F)(F)F)=Nc3ccccc3Cl)cc2)c1. The second kappa shape index (κ2) is 10.2. The highest BCUT2D eigenvalue weighted by atomic mass is 35.5. The van der Waals surface area contributed by atoms with Crippen LogP contribution in [0.25, 0.3) is 0 Å². The summed E-state index contributed by atoms with van der Waals surface area (Å²) in [5.41, 5.74) is 0.805. The number of carbonyl (C=O) groups is 1. The fourth-order valence-electron chi connectivity index (χ4n) is 2.90. The molecule has 0 aliphatic heterocycles. The second-order valence-electron chi connectivity index (χ2n) is 7.18. The van der Waals surface area contributed by atoms with Gasteiger partial charge in [0.15, 0.2) is 0 Å². The summed E-state index contributed by atoms with van der Waals surface area (Å²) in [5.74, 6) is -0.429. The molecular formula is C24H18Cl2F3N3O. The first-order valence-corrected chi connectivity index (χ1v) is 10.4. The van der Waals surface area contributed by atoms with Crippen LogP contribution in [0.1, 0.15) is 27.9 Å². The molecule has 33 heavy (non-hydrogen) atoms. The lowest BCUT2D eigenvalue weighted by Crippen LogP contribution is -2.25. The van der Waals surface area contributed by atoms with Crippen molar-refractivity contribution in [1.29, 1.82) is 5.41 Å². The number of rotatable bonds is 6. The zero-order chi connectivity index (χ0) is 24.2. The number of aliphatic imine (C=N–C) groups is 1. The second-order valence-corrected chi connectivity index (χ2v) is 7.99. The molecular weight excluding hydrogens is 474 g/mol. The Hall–Kier alpha value is -3.16. The van der Waals surface area contributed by atoms with E-state index >= 15 is 0 Å². The number of anilines is 1. The first-order chi connectivity index (χ1) is 15.5. The number of halogens is 5. The Morgan fingerprint density at radius 2 is 1.61 bits per heavy atom. The van der Waals surface area contributed by atoms with E-state index in [1.165, 1.54) is 24.3 Å². The van der Waals surface area contributed by atoms with Gasteiger partial charge in [0.1, 0.15) is 5.71 Å². The van der Waals surface area contributed by atoms with Gasteiger partial charge in [0, 0.05) is 12.0 Å². The largest absolute Gasteiger partial charge is 0.429 e. The van der Waals surface area contributed by atoms with Gasteiger partial charge in [0.25, 0.3) is 5.91 Å². The van der Waals surface area contributed by atoms with Crippen molar-refractivity contribution in [2.75, 3.05) is 5.32 Å². The van der Waals surface area contributed by atoms with Crippen molar-refractivity contribution in [2.24, 2.45) is 4.99 Å². The molecule has 3 rings (SSSR count). The van der Waals surface area contributed by atoms with E-state index in [4.69, 9.17) is 28.6 Å². The summed E-state index contributed by atoms with van der Waals surface area (Å²) >= 11 is 12.2. The molecule has 0 saturated heterocycles. The lowest BCUT2D eigenvalue weighted by molar-refractivity contribution is -0.0605. The molecule has 9 heteroatoms. The van der Waals surface area contributed by atoms with Crippen molar-refractivity contribution in [1.82, 2.24) is 0 Å². The van der Waals surface area contributed by atoms with Crippen LogP contribution >= 0.6 is 23.2 Å². The van der Waals surface area contributed by atoms with Crippen molar-refractivity contribution in [3.63, 3.8) is 0 Å². The minimum Gasteiger partial charge on any atom is -0.321 e. The van der Waals surface area contributed by atoms with Crippen LogP contribution in [0.3, 0.4) is 0 Å². The quantitative estimate of drug-likeness (QED) is 0.341. The molecule has 0 radical (unpaired) electrons. The molecule has 0 spiro atoms. The molecule has 0 fully saturated rings. The van der Waals surface area contributed by atoms with Gasteiger partial charge in [0.05, 0.1) is 27.1 Å². The highest BCUT2D eigenvalue weighted by Gasteiger charge is 2.35. The first-order valence-electron chi connectivity index (χ1n) is 9.69. The van der Waals surface area contributed by atoms with Crippen LogP contribution < -0.4 is 5.32 Å². The van der Waals surface area contributed by atoms with E-state index in [9.17, 15) is 18.0 Å². The van der Waals surface area contributed by atoms with Crippen LogP contribution in [-0.2, 0) is 0 Å². The number of benzene rings is 3. The average Bonchev–Trinajstić information content (AvgIpc) is 2.76. The molecule has 170 valence electrons.